The first-order valence-corrected chi connectivity index (χ1v) is 9.14. The highest BCUT2D eigenvalue weighted by molar-refractivity contribution is 7.98. The third-order valence-corrected chi connectivity index (χ3v) is 4.48. The number of para-hydroxylation sites is 1. The number of imidazole rings is 1. The van der Waals surface area contributed by atoms with E-state index in [1.54, 1.807) is 54.8 Å². The summed E-state index contributed by atoms with van der Waals surface area (Å²) in [7, 11) is 0. The molecule has 0 aliphatic carbocycles. The molecule has 0 aliphatic heterocycles. The first kappa shape index (κ1) is 18.0. The van der Waals surface area contributed by atoms with Gasteiger partial charge in [-0.2, -0.15) is 0 Å². The van der Waals surface area contributed by atoms with Crippen molar-refractivity contribution in [3.8, 4) is 5.69 Å². The van der Waals surface area contributed by atoms with Gasteiger partial charge in [-0.15, -0.1) is 0 Å². The van der Waals surface area contributed by atoms with Gasteiger partial charge in [0, 0.05) is 16.3 Å². The van der Waals surface area contributed by atoms with E-state index in [1.165, 1.54) is 16.3 Å². The molecule has 1 aromatic heterocycles. The van der Waals surface area contributed by atoms with Crippen molar-refractivity contribution in [1.29, 1.82) is 0 Å². The number of nitrogens with one attached hydrogen (secondary N) is 1. The molecular weight excluding hydrogens is 374 g/mol. The molecule has 0 spiro atoms. The highest BCUT2D eigenvalue weighted by Gasteiger charge is 2.25. The Hall–Kier alpha value is -2.77. The number of benzene rings is 2. The van der Waals surface area contributed by atoms with Crippen LogP contribution in [-0.2, 0) is 0 Å². The number of aromatic carboxylic acids is 1. The third-order valence-electron chi connectivity index (χ3n) is 3.58. The average Bonchev–Trinajstić information content (AvgIpc) is 3.01. The summed E-state index contributed by atoms with van der Waals surface area (Å²) in [5.74, 6) is -1.66. The highest BCUT2D eigenvalue weighted by Crippen LogP contribution is 2.28. The maximum absolute atomic E-state index is 12.4. The van der Waals surface area contributed by atoms with E-state index in [1.807, 2.05) is 6.07 Å². The molecule has 8 heteroatoms. The second-order valence-electron chi connectivity index (χ2n) is 5.23. The number of carbonyl (C=O) groups is 2. The topological polar surface area (TPSA) is 84.2 Å². The largest absolute Gasteiger partial charge is 0.476 e. The standard InChI is InChI=1S/C18H14ClN3O3S/c1-26-18-21-15(20-16(23)11-7-9-12(19)10-8-11)14(17(24)25)22(18)13-5-3-2-4-6-13/h2-10H,1H3,(H,20,23)(H,24,25). The molecule has 3 aromatic rings. The van der Waals surface area contributed by atoms with Gasteiger partial charge in [0.25, 0.3) is 5.91 Å². The number of thioether (sulfide) groups is 1. The van der Waals surface area contributed by atoms with E-state index in [9.17, 15) is 14.7 Å². The Labute approximate surface area is 158 Å². The fraction of sp³-hybridized carbons (Fsp3) is 0.0556. The van der Waals surface area contributed by atoms with Crippen molar-refractivity contribution in [3.63, 3.8) is 0 Å². The Bertz CT molecular complexity index is 956. The molecule has 132 valence electrons. The predicted octanol–water partition coefficient (Wildman–Crippen LogP) is 4.20. The fourth-order valence-electron chi connectivity index (χ4n) is 2.42. The number of hydrogen-bond acceptors (Lipinski definition) is 4. The maximum atomic E-state index is 12.4. The molecular formula is C18H14ClN3O3S. The molecule has 0 fully saturated rings. The Balaban J connectivity index is 2.05. The summed E-state index contributed by atoms with van der Waals surface area (Å²) in [6.45, 7) is 0. The van der Waals surface area contributed by atoms with Gasteiger partial charge in [-0.05, 0) is 42.7 Å². The first-order chi connectivity index (χ1) is 12.5. The normalized spacial score (nSPS) is 10.5. The summed E-state index contributed by atoms with van der Waals surface area (Å²) in [4.78, 5) is 28.6. The summed E-state index contributed by atoms with van der Waals surface area (Å²) in [5.41, 5.74) is 0.891. The van der Waals surface area contributed by atoms with Crippen molar-refractivity contribution in [2.45, 2.75) is 5.16 Å². The molecule has 0 saturated heterocycles. The van der Waals surface area contributed by atoms with Crippen LogP contribution in [0.4, 0.5) is 5.82 Å². The molecule has 2 aromatic carbocycles. The number of hydrogen-bond donors (Lipinski definition) is 2. The molecule has 0 saturated carbocycles. The molecule has 0 radical (unpaired) electrons. The highest BCUT2D eigenvalue weighted by atomic mass is 35.5. The molecule has 2 N–H and O–H groups in total. The van der Waals surface area contributed by atoms with E-state index < -0.39 is 11.9 Å². The van der Waals surface area contributed by atoms with Crippen LogP contribution in [-0.4, -0.2) is 32.8 Å². The van der Waals surface area contributed by atoms with Gasteiger partial charge >= 0.3 is 5.97 Å². The summed E-state index contributed by atoms with van der Waals surface area (Å²) >= 11 is 7.11. The molecule has 0 atom stereocenters. The Morgan fingerprint density at radius 1 is 1.12 bits per heavy atom. The van der Waals surface area contributed by atoms with Crippen LogP contribution >= 0.6 is 23.4 Å². The molecule has 0 aliphatic rings. The van der Waals surface area contributed by atoms with Crippen molar-refractivity contribution in [2.75, 3.05) is 11.6 Å². The van der Waals surface area contributed by atoms with Crippen LogP contribution in [0.2, 0.25) is 5.02 Å². The number of nitrogens with zero attached hydrogens (tertiary/aromatic N) is 2. The summed E-state index contributed by atoms with van der Waals surface area (Å²) in [6.07, 6.45) is 1.79. The number of amides is 1. The van der Waals surface area contributed by atoms with Crippen LogP contribution in [0.3, 0.4) is 0 Å². The smallest absolute Gasteiger partial charge is 0.356 e. The Morgan fingerprint density at radius 2 is 1.77 bits per heavy atom. The van der Waals surface area contributed by atoms with Crippen molar-refractivity contribution in [1.82, 2.24) is 9.55 Å². The Kier molecular flexibility index (Phi) is 5.29. The SMILES string of the molecule is CSc1nc(NC(=O)c2ccc(Cl)cc2)c(C(=O)O)n1-c1ccccc1. The zero-order valence-electron chi connectivity index (χ0n) is 13.6. The molecule has 3 rings (SSSR count). The quantitative estimate of drug-likeness (QED) is 0.641. The lowest BCUT2D eigenvalue weighted by Gasteiger charge is -2.09. The van der Waals surface area contributed by atoms with Crippen LogP contribution in [0.5, 0.6) is 0 Å². The van der Waals surface area contributed by atoms with Crippen LogP contribution in [0.25, 0.3) is 5.69 Å². The van der Waals surface area contributed by atoms with E-state index in [4.69, 9.17) is 11.6 Å². The van der Waals surface area contributed by atoms with E-state index in [2.05, 4.69) is 10.3 Å². The van der Waals surface area contributed by atoms with Gasteiger partial charge in [-0.25, -0.2) is 9.78 Å². The lowest BCUT2D eigenvalue weighted by atomic mass is 10.2. The molecule has 1 heterocycles. The van der Waals surface area contributed by atoms with Gasteiger partial charge in [-0.3, -0.25) is 9.36 Å². The molecule has 0 unspecified atom stereocenters. The second kappa shape index (κ2) is 7.63. The number of aromatic nitrogens is 2. The third kappa shape index (κ3) is 3.58. The summed E-state index contributed by atoms with van der Waals surface area (Å²) in [6, 6.07) is 15.3. The van der Waals surface area contributed by atoms with E-state index >= 15 is 0 Å². The lowest BCUT2D eigenvalue weighted by Crippen LogP contribution is -2.16. The summed E-state index contributed by atoms with van der Waals surface area (Å²) in [5, 5.41) is 13.2. The predicted molar refractivity (Wildman–Crippen MR) is 102 cm³/mol. The van der Waals surface area contributed by atoms with E-state index in [0.29, 0.717) is 21.4 Å². The van der Waals surface area contributed by atoms with Gasteiger partial charge in [-0.1, -0.05) is 41.6 Å². The van der Waals surface area contributed by atoms with Crippen molar-refractivity contribution in [2.24, 2.45) is 0 Å². The van der Waals surface area contributed by atoms with Crippen LogP contribution < -0.4 is 5.32 Å². The van der Waals surface area contributed by atoms with Gasteiger partial charge < -0.3 is 10.4 Å². The van der Waals surface area contributed by atoms with Crippen molar-refractivity contribution < 1.29 is 14.7 Å². The van der Waals surface area contributed by atoms with Gasteiger partial charge in [0.15, 0.2) is 16.7 Å². The van der Waals surface area contributed by atoms with Gasteiger partial charge in [0.2, 0.25) is 0 Å². The minimum Gasteiger partial charge on any atom is -0.476 e. The zero-order valence-corrected chi connectivity index (χ0v) is 15.2. The minimum absolute atomic E-state index is 0.00865. The number of halogens is 1. The zero-order chi connectivity index (χ0) is 18.7. The first-order valence-electron chi connectivity index (χ1n) is 7.53. The van der Waals surface area contributed by atoms with Crippen LogP contribution in [0, 0.1) is 0 Å². The van der Waals surface area contributed by atoms with Crippen molar-refractivity contribution in [3.05, 3.63) is 70.9 Å². The van der Waals surface area contributed by atoms with Crippen LogP contribution in [0.15, 0.2) is 59.8 Å². The number of carbonyl (C=O) groups excluding carboxylic acids is 1. The number of anilines is 1. The number of carboxylic acids is 1. The summed E-state index contributed by atoms with van der Waals surface area (Å²) < 4.78 is 1.50. The maximum Gasteiger partial charge on any atom is 0.356 e. The average molecular weight is 388 g/mol. The number of rotatable bonds is 5. The molecule has 1 amide bonds. The van der Waals surface area contributed by atoms with Gasteiger partial charge in [0.05, 0.1) is 0 Å². The monoisotopic (exact) mass is 387 g/mol. The molecule has 6 nitrogen and oxygen atoms in total. The second-order valence-corrected chi connectivity index (χ2v) is 6.44. The lowest BCUT2D eigenvalue weighted by molar-refractivity contribution is 0.0688. The van der Waals surface area contributed by atoms with Crippen LogP contribution in [0.1, 0.15) is 20.8 Å². The van der Waals surface area contributed by atoms with E-state index in [0.717, 1.165) is 0 Å². The number of carboxylic acid groups (broad SMARTS) is 1. The van der Waals surface area contributed by atoms with Gasteiger partial charge in [0.1, 0.15) is 0 Å². The molecule has 0 bridgehead atoms. The fourth-order valence-corrected chi connectivity index (χ4v) is 3.11. The van der Waals surface area contributed by atoms with E-state index in [-0.39, 0.29) is 11.5 Å². The Morgan fingerprint density at radius 3 is 2.35 bits per heavy atom. The molecule has 26 heavy (non-hydrogen) atoms. The van der Waals surface area contributed by atoms with Crippen molar-refractivity contribution >= 4 is 41.1 Å². The minimum atomic E-state index is -1.19.